The van der Waals surface area contributed by atoms with E-state index in [1.54, 1.807) is 29.0 Å². The van der Waals surface area contributed by atoms with Crippen LogP contribution in [0.25, 0.3) is 27.6 Å². The van der Waals surface area contributed by atoms with Crippen LogP contribution in [0.4, 0.5) is 5.95 Å². The number of carbonyl (C=O) groups excluding carboxylic acids is 1. The molecule has 0 saturated heterocycles. The third kappa shape index (κ3) is 4.65. The first kappa shape index (κ1) is 24.5. The molecule has 0 radical (unpaired) electrons. The largest absolute Gasteiger partial charge is 0.486 e. The highest BCUT2D eigenvalue weighted by Crippen LogP contribution is 2.33. The van der Waals surface area contributed by atoms with Crippen molar-refractivity contribution >= 4 is 33.7 Å². The molecular weight excluding hydrogens is 520 g/mol. The van der Waals surface area contributed by atoms with Gasteiger partial charge in [-0.15, -0.1) is 0 Å². The van der Waals surface area contributed by atoms with Crippen LogP contribution in [0.5, 0.6) is 11.5 Å². The number of ether oxygens (including phenoxy) is 2. The standard InChI is InChI=1S/C31H24N6O4/c38-25(13-19-7-3-1-4-8-19)20-11-12-26-27(14-20)40-18-22(41-26)15-32-31-33-16-23-28-24(17-34-36-28)30(39)37(29(23)35-31)21-9-5-2-6-10-21/h1-12,14,16-17,22H,13,15,18H2,(H,34,36)(H,32,33,35). The zero-order valence-corrected chi connectivity index (χ0v) is 21.8. The molecule has 0 saturated carbocycles. The molecule has 10 nitrogen and oxygen atoms in total. The van der Waals surface area contributed by atoms with Crippen LogP contribution in [-0.4, -0.2) is 49.8 Å². The molecule has 0 fully saturated rings. The van der Waals surface area contributed by atoms with Gasteiger partial charge in [0, 0.05) is 18.2 Å². The topological polar surface area (TPSA) is 124 Å². The maximum Gasteiger partial charge on any atom is 0.267 e. The van der Waals surface area contributed by atoms with Crippen LogP contribution in [0, 0.1) is 0 Å². The summed E-state index contributed by atoms with van der Waals surface area (Å²) in [6.45, 7) is 0.648. The first-order valence-electron chi connectivity index (χ1n) is 13.2. The van der Waals surface area contributed by atoms with Crippen molar-refractivity contribution in [1.82, 2.24) is 24.7 Å². The predicted octanol–water partition coefficient (Wildman–Crippen LogP) is 4.33. The fourth-order valence-corrected chi connectivity index (χ4v) is 4.97. The zero-order chi connectivity index (χ0) is 27.8. The lowest BCUT2D eigenvalue weighted by atomic mass is 10.0. The fraction of sp³-hybridized carbons (Fsp3) is 0.129. The second-order valence-electron chi connectivity index (χ2n) is 9.74. The quantitative estimate of drug-likeness (QED) is 0.285. The average molecular weight is 545 g/mol. The van der Waals surface area contributed by atoms with Crippen LogP contribution in [0.2, 0.25) is 0 Å². The van der Waals surface area contributed by atoms with E-state index >= 15 is 0 Å². The number of H-pyrrole nitrogens is 1. The number of benzene rings is 3. The molecule has 1 unspecified atom stereocenters. The van der Waals surface area contributed by atoms with E-state index in [1.165, 1.54) is 6.20 Å². The van der Waals surface area contributed by atoms with Gasteiger partial charge >= 0.3 is 0 Å². The molecule has 4 heterocycles. The Balaban J connectivity index is 1.09. The minimum Gasteiger partial charge on any atom is -0.486 e. The van der Waals surface area contributed by atoms with E-state index < -0.39 is 0 Å². The molecule has 3 aromatic heterocycles. The SMILES string of the molecule is O=C(Cc1ccccc1)c1ccc2c(c1)OCC(CNc1ncc3c4[nH]ncc4c(=O)n(-c4ccccc4)c3n1)O2. The molecule has 41 heavy (non-hydrogen) atoms. The summed E-state index contributed by atoms with van der Waals surface area (Å²) < 4.78 is 13.6. The second kappa shape index (κ2) is 10.2. The molecule has 0 amide bonds. The Morgan fingerprint density at radius 2 is 1.78 bits per heavy atom. The van der Waals surface area contributed by atoms with Crippen LogP contribution >= 0.6 is 0 Å². The van der Waals surface area contributed by atoms with Gasteiger partial charge in [0.1, 0.15) is 12.7 Å². The molecule has 1 atom stereocenters. The van der Waals surface area contributed by atoms with E-state index in [4.69, 9.17) is 14.5 Å². The molecule has 1 aliphatic rings. The number of nitrogens with one attached hydrogen (secondary N) is 2. The zero-order valence-electron chi connectivity index (χ0n) is 21.8. The third-order valence-electron chi connectivity index (χ3n) is 7.02. The molecule has 0 spiro atoms. The number of pyridine rings is 1. The molecule has 3 aromatic carbocycles. The molecule has 10 heteroatoms. The van der Waals surface area contributed by atoms with Crippen LogP contribution in [0.1, 0.15) is 15.9 Å². The van der Waals surface area contributed by atoms with Gasteiger partial charge < -0.3 is 14.8 Å². The number of aromatic nitrogens is 5. The molecule has 0 aliphatic carbocycles. The van der Waals surface area contributed by atoms with Crippen molar-refractivity contribution in [2.75, 3.05) is 18.5 Å². The minimum absolute atomic E-state index is 0.0150. The van der Waals surface area contributed by atoms with E-state index in [0.717, 1.165) is 5.56 Å². The van der Waals surface area contributed by atoms with Crippen LogP contribution in [-0.2, 0) is 6.42 Å². The summed E-state index contributed by atoms with van der Waals surface area (Å²) in [5.74, 6) is 1.47. The number of ketones is 1. The maximum atomic E-state index is 13.4. The van der Waals surface area contributed by atoms with Gasteiger partial charge in [-0.2, -0.15) is 10.1 Å². The highest BCUT2D eigenvalue weighted by atomic mass is 16.6. The van der Waals surface area contributed by atoms with Crippen molar-refractivity contribution in [1.29, 1.82) is 0 Å². The summed E-state index contributed by atoms with van der Waals surface area (Å²) in [5, 5.41) is 11.3. The number of hydrogen-bond donors (Lipinski definition) is 2. The fourth-order valence-electron chi connectivity index (χ4n) is 4.97. The van der Waals surface area contributed by atoms with Gasteiger partial charge in [0.05, 0.1) is 34.7 Å². The lowest BCUT2D eigenvalue weighted by Crippen LogP contribution is -2.35. The highest BCUT2D eigenvalue weighted by Gasteiger charge is 2.23. The first-order chi connectivity index (χ1) is 20.1. The van der Waals surface area contributed by atoms with Crippen LogP contribution in [0.15, 0.2) is 96.1 Å². The molecule has 0 bridgehead atoms. The van der Waals surface area contributed by atoms with Crippen molar-refractivity contribution in [3.05, 3.63) is 113 Å². The van der Waals surface area contributed by atoms with E-state index in [2.05, 4.69) is 20.5 Å². The number of aromatic amines is 1. The van der Waals surface area contributed by atoms with Crippen molar-refractivity contribution < 1.29 is 14.3 Å². The Hall–Kier alpha value is -5.51. The Kier molecular flexibility index (Phi) is 6.12. The molecule has 2 N–H and O–H groups in total. The Morgan fingerprint density at radius 1 is 0.976 bits per heavy atom. The van der Waals surface area contributed by atoms with Gasteiger partial charge in [0.2, 0.25) is 5.95 Å². The smallest absolute Gasteiger partial charge is 0.267 e. The Bertz CT molecular complexity index is 1950. The average Bonchev–Trinajstić information content (AvgIpc) is 3.52. The van der Waals surface area contributed by atoms with Crippen LogP contribution < -0.4 is 20.3 Å². The van der Waals surface area contributed by atoms with Gasteiger partial charge in [-0.3, -0.25) is 19.3 Å². The van der Waals surface area contributed by atoms with Crippen molar-refractivity contribution in [2.24, 2.45) is 0 Å². The lowest BCUT2D eigenvalue weighted by molar-refractivity contribution is 0.0967. The van der Waals surface area contributed by atoms with Gasteiger partial charge in [-0.05, 0) is 35.9 Å². The summed E-state index contributed by atoms with van der Waals surface area (Å²) in [7, 11) is 0. The number of anilines is 1. The number of fused-ring (bicyclic) bond motifs is 4. The van der Waals surface area contributed by atoms with Crippen molar-refractivity contribution in [3.8, 4) is 17.2 Å². The number of carbonyl (C=O) groups is 1. The van der Waals surface area contributed by atoms with E-state index in [-0.39, 0.29) is 24.1 Å². The normalized spacial score (nSPS) is 14.3. The summed E-state index contributed by atoms with van der Waals surface area (Å²) in [6, 6.07) is 24.2. The number of nitrogens with zero attached hydrogens (tertiary/aromatic N) is 4. The molecule has 1 aliphatic heterocycles. The van der Waals surface area contributed by atoms with Gasteiger partial charge in [0.25, 0.3) is 5.56 Å². The number of rotatable bonds is 7. The molecular formula is C31H24N6O4. The monoisotopic (exact) mass is 544 g/mol. The Morgan fingerprint density at radius 3 is 2.61 bits per heavy atom. The summed E-state index contributed by atoms with van der Waals surface area (Å²) in [4.78, 5) is 35.3. The minimum atomic E-state index is -0.320. The Labute approximate surface area is 233 Å². The van der Waals surface area contributed by atoms with Gasteiger partial charge in [-0.1, -0.05) is 48.5 Å². The summed E-state index contributed by atoms with van der Waals surface area (Å²) >= 11 is 0. The molecule has 202 valence electrons. The predicted molar refractivity (Wildman–Crippen MR) is 154 cm³/mol. The number of Topliss-reactive ketones (excluding diaryl/α,β-unsaturated/α-hetero) is 1. The lowest BCUT2D eigenvalue weighted by Gasteiger charge is -2.27. The summed E-state index contributed by atoms with van der Waals surface area (Å²) in [6.07, 6.45) is 3.19. The van der Waals surface area contributed by atoms with E-state index in [0.29, 0.717) is 63.6 Å². The van der Waals surface area contributed by atoms with E-state index in [9.17, 15) is 9.59 Å². The molecule has 7 rings (SSSR count). The molecule has 6 aromatic rings. The second-order valence-corrected chi connectivity index (χ2v) is 9.74. The van der Waals surface area contributed by atoms with Crippen molar-refractivity contribution in [3.63, 3.8) is 0 Å². The number of para-hydroxylation sites is 1. The third-order valence-corrected chi connectivity index (χ3v) is 7.02. The maximum absolute atomic E-state index is 13.4. The number of hydrogen-bond acceptors (Lipinski definition) is 8. The first-order valence-corrected chi connectivity index (χ1v) is 13.2. The summed E-state index contributed by atoms with van der Waals surface area (Å²) in [5.41, 5.74) is 3.05. The van der Waals surface area contributed by atoms with Gasteiger partial charge in [-0.25, -0.2) is 4.98 Å². The highest BCUT2D eigenvalue weighted by molar-refractivity contribution is 6.02. The van der Waals surface area contributed by atoms with Crippen LogP contribution in [0.3, 0.4) is 0 Å². The van der Waals surface area contributed by atoms with Gasteiger partial charge in [0.15, 0.2) is 22.9 Å². The van der Waals surface area contributed by atoms with Crippen molar-refractivity contribution in [2.45, 2.75) is 12.5 Å². The van der Waals surface area contributed by atoms with E-state index in [1.807, 2.05) is 60.7 Å².